The Labute approximate surface area is 120 Å². The van der Waals surface area contributed by atoms with Crippen molar-refractivity contribution in [3.8, 4) is 11.5 Å². The first-order chi connectivity index (χ1) is 9.70. The highest BCUT2D eigenvalue weighted by Crippen LogP contribution is 2.32. The maximum absolute atomic E-state index is 13.7. The lowest BCUT2D eigenvalue weighted by Crippen LogP contribution is -2.16. The predicted octanol–water partition coefficient (Wildman–Crippen LogP) is 4.30. The van der Waals surface area contributed by atoms with E-state index in [4.69, 9.17) is 15.2 Å². The number of hydrogen-bond donors (Lipinski definition) is 1. The summed E-state index contributed by atoms with van der Waals surface area (Å²) in [5.41, 5.74) is 6.20. The quantitative estimate of drug-likeness (QED) is 0.646. The molecule has 2 N–H and O–H groups in total. The first-order valence-corrected chi connectivity index (χ1v) is 7.59. The Morgan fingerprint density at radius 2 is 1.85 bits per heavy atom. The first-order valence-electron chi connectivity index (χ1n) is 7.59. The van der Waals surface area contributed by atoms with Crippen LogP contribution in [0, 0.1) is 5.82 Å². The Hall–Kier alpha value is -1.45. The van der Waals surface area contributed by atoms with E-state index < -0.39 is 5.82 Å². The molecule has 0 spiro atoms. The highest BCUT2D eigenvalue weighted by molar-refractivity contribution is 5.56. The number of halogens is 1. The molecule has 1 saturated carbocycles. The van der Waals surface area contributed by atoms with E-state index in [-0.39, 0.29) is 11.9 Å². The van der Waals surface area contributed by atoms with Crippen LogP contribution in [0.25, 0.3) is 0 Å². The van der Waals surface area contributed by atoms with Crippen LogP contribution in [0.15, 0.2) is 12.1 Å². The molecule has 0 heterocycles. The molecule has 0 radical (unpaired) electrons. The largest absolute Gasteiger partial charge is 0.490 e. The second-order valence-corrected chi connectivity index (χ2v) is 5.40. The summed E-state index contributed by atoms with van der Waals surface area (Å²) in [5.74, 6) is 0.346. The van der Waals surface area contributed by atoms with E-state index in [1.165, 1.54) is 31.7 Å². The van der Waals surface area contributed by atoms with Crippen molar-refractivity contribution in [2.45, 2.75) is 58.0 Å². The zero-order valence-corrected chi connectivity index (χ0v) is 12.2. The molecule has 0 atom stereocenters. The third-order valence-corrected chi connectivity index (χ3v) is 3.62. The van der Waals surface area contributed by atoms with E-state index in [0.717, 1.165) is 19.3 Å². The van der Waals surface area contributed by atoms with E-state index in [1.807, 2.05) is 6.92 Å². The Morgan fingerprint density at radius 3 is 2.50 bits per heavy atom. The number of rotatable bonds is 5. The van der Waals surface area contributed by atoms with Gasteiger partial charge in [-0.3, -0.25) is 0 Å². The lowest BCUT2D eigenvalue weighted by molar-refractivity contribution is 0.183. The Kier molecular flexibility index (Phi) is 5.50. The molecule has 20 heavy (non-hydrogen) atoms. The average Bonchev–Trinajstić information content (AvgIpc) is 2.69. The van der Waals surface area contributed by atoms with E-state index >= 15 is 0 Å². The average molecular weight is 281 g/mol. The van der Waals surface area contributed by atoms with Crippen molar-refractivity contribution in [1.29, 1.82) is 0 Å². The van der Waals surface area contributed by atoms with Gasteiger partial charge in [0.2, 0.25) is 0 Å². The van der Waals surface area contributed by atoms with Gasteiger partial charge in [-0.15, -0.1) is 0 Å². The number of benzene rings is 1. The number of anilines is 1. The van der Waals surface area contributed by atoms with Crippen LogP contribution in [0.4, 0.5) is 10.1 Å². The van der Waals surface area contributed by atoms with Gasteiger partial charge in [-0.25, -0.2) is 4.39 Å². The summed E-state index contributed by atoms with van der Waals surface area (Å²) in [6, 6.07) is 2.88. The summed E-state index contributed by atoms with van der Waals surface area (Å²) in [6.07, 6.45) is 8.01. The Balaban J connectivity index is 2.09. The van der Waals surface area contributed by atoms with Crippen LogP contribution < -0.4 is 15.2 Å². The molecule has 0 aromatic heterocycles. The molecule has 1 aliphatic rings. The van der Waals surface area contributed by atoms with Gasteiger partial charge in [0.1, 0.15) is 5.75 Å². The topological polar surface area (TPSA) is 44.5 Å². The minimum absolute atomic E-state index is 0.185. The third kappa shape index (κ3) is 4.02. The third-order valence-electron chi connectivity index (χ3n) is 3.62. The SMILES string of the molecule is CCCOc1cc(OC2CCCCCC2)c(N)cc1F. The van der Waals surface area contributed by atoms with Gasteiger partial charge in [-0.2, -0.15) is 0 Å². The van der Waals surface area contributed by atoms with Crippen LogP contribution in [0.5, 0.6) is 11.5 Å². The van der Waals surface area contributed by atoms with Crippen molar-refractivity contribution in [2.75, 3.05) is 12.3 Å². The van der Waals surface area contributed by atoms with Crippen LogP contribution in [0.1, 0.15) is 51.9 Å². The van der Waals surface area contributed by atoms with E-state index in [2.05, 4.69) is 0 Å². The maximum Gasteiger partial charge on any atom is 0.167 e. The smallest absolute Gasteiger partial charge is 0.167 e. The van der Waals surface area contributed by atoms with Gasteiger partial charge >= 0.3 is 0 Å². The highest BCUT2D eigenvalue weighted by atomic mass is 19.1. The minimum Gasteiger partial charge on any atom is -0.490 e. The molecule has 2 rings (SSSR count). The molecular weight excluding hydrogens is 257 g/mol. The van der Waals surface area contributed by atoms with Crippen LogP contribution in [0.2, 0.25) is 0 Å². The number of ether oxygens (including phenoxy) is 2. The van der Waals surface area contributed by atoms with Gasteiger partial charge in [0.15, 0.2) is 11.6 Å². The van der Waals surface area contributed by atoms with Crippen molar-refractivity contribution >= 4 is 5.69 Å². The summed E-state index contributed by atoms with van der Waals surface area (Å²) in [5, 5.41) is 0. The molecule has 0 amide bonds. The molecule has 0 saturated heterocycles. The number of hydrogen-bond acceptors (Lipinski definition) is 3. The van der Waals surface area contributed by atoms with Gasteiger partial charge in [0.05, 0.1) is 18.4 Å². The molecule has 0 bridgehead atoms. The molecule has 1 aromatic rings. The van der Waals surface area contributed by atoms with Gasteiger partial charge in [0, 0.05) is 12.1 Å². The number of nitrogens with two attached hydrogens (primary N) is 1. The molecule has 1 aromatic carbocycles. The van der Waals surface area contributed by atoms with Crippen molar-refractivity contribution < 1.29 is 13.9 Å². The monoisotopic (exact) mass is 281 g/mol. The normalized spacial score (nSPS) is 16.7. The molecular formula is C16H24FNO2. The summed E-state index contributed by atoms with van der Waals surface area (Å²) in [7, 11) is 0. The predicted molar refractivity (Wildman–Crippen MR) is 78.7 cm³/mol. The second-order valence-electron chi connectivity index (χ2n) is 5.40. The van der Waals surface area contributed by atoms with Gasteiger partial charge in [0.25, 0.3) is 0 Å². The molecule has 1 aliphatic carbocycles. The summed E-state index contributed by atoms with van der Waals surface area (Å²) >= 11 is 0. The second kappa shape index (κ2) is 7.36. The summed E-state index contributed by atoms with van der Waals surface area (Å²) < 4.78 is 25.1. The summed E-state index contributed by atoms with van der Waals surface area (Å²) in [6.45, 7) is 2.47. The minimum atomic E-state index is -0.427. The van der Waals surface area contributed by atoms with E-state index in [0.29, 0.717) is 18.0 Å². The van der Waals surface area contributed by atoms with Gasteiger partial charge in [-0.1, -0.05) is 19.8 Å². The van der Waals surface area contributed by atoms with Crippen molar-refractivity contribution in [1.82, 2.24) is 0 Å². The zero-order valence-electron chi connectivity index (χ0n) is 12.2. The lowest BCUT2D eigenvalue weighted by Gasteiger charge is -2.19. The van der Waals surface area contributed by atoms with E-state index in [9.17, 15) is 4.39 Å². The van der Waals surface area contributed by atoms with E-state index in [1.54, 1.807) is 6.07 Å². The zero-order chi connectivity index (χ0) is 14.4. The van der Waals surface area contributed by atoms with Gasteiger partial charge < -0.3 is 15.2 Å². The molecule has 4 heteroatoms. The van der Waals surface area contributed by atoms with Crippen LogP contribution in [0.3, 0.4) is 0 Å². The fourth-order valence-corrected chi connectivity index (χ4v) is 2.51. The maximum atomic E-state index is 13.7. The molecule has 3 nitrogen and oxygen atoms in total. The molecule has 1 fully saturated rings. The molecule has 0 unspecified atom stereocenters. The molecule has 0 aliphatic heterocycles. The number of nitrogen functional groups attached to an aromatic ring is 1. The van der Waals surface area contributed by atoms with Crippen molar-refractivity contribution in [3.05, 3.63) is 17.9 Å². The summed E-state index contributed by atoms with van der Waals surface area (Å²) in [4.78, 5) is 0. The Bertz CT molecular complexity index is 429. The lowest BCUT2D eigenvalue weighted by atomic mass is 10.1. The van der Waals surface area contributed by atoms with Crippen LogP contribution in [-0.4, -0.2) is 12.7 Å². The fourth-order valence-electron chi connectivity index (χ4n) is 2.51. The van der Waals surface area contributed by atoms with Crippen LogP contribution >= 0.6 is 0 Å². The molecule has 112 valence electrons. The Morgan fingerprint density at radius 1 is 1.15 bits per heavy atom. The fraction of sp³-hybridized carbons (Fsp3) is 0.625. The first kappa shape index (κ1) is 14.9. The van der Waals surface area contributed by atoms with Crippen molar-refractivity contribution in [3.63, 3.8) is 0 Å². The standard InChI is InChI=1S/C16H24FNO2/c1-2-9-19-15-11-16(14(18)10-13(15)17)20-12-7-5-3-4-6-8-12/h10-12H,2-9,18H2,1H3. The van der Waals surface area contributed by atoms with Gasteiger partial charge in [-0.05, 0) is 32.1 Å². The highest BCUT2D eigenvalue weighted by Gasteiger charge is 2.17. The van der Waals surface area contributed by atoms with Crippen molar-refractivity contribution in [2.24, 2.45) is 0 Å². The van der Waals surface area contributed by atoms with Crippen LogP contribution in [-0.2, 0) is 0 Å².